The van der Waals surface area contributed by atoms with Crippen molar-refractivity contribution in [2.75, 3.05) is 26.3 Å². The molecule has 0 spiro atoms. The molecule has 0 aromatic heterocycles. The molecule has 0 radical (unpaired) electrons. The van der Waals surface area contributed by atoms with E-state index in [1.807, 2.05) is 0 Å². The van der Waals surface area contributed by atoms with E-state index in [-0.39, 0.29) is 18.5 Å². The van der Waals surface area contributed by atoms with Crippen molar-refractivity contribution >= 4 is 11.9 Å². The maximum absolute atomic E-state index is 11.2. The Morgan fingerprint density at radius 2 is 1.92 bits per heavy atom. The van der Waals surface area contributed by atoms with Crippen molar-refractivity contribution in [1.29, 1.82) is 0 Å². The van der Waals surface area contributed by atoms with Gasteiger partial charge in [0, 0.05) is 0 Å². The maximum Gasteiger partial charge on any atom is 0.325 e. The minimum absolute atomic E-state index is 0.114. The Morgan fingerprint density at radius 3 is 2.46 bits per heavy atom. The zero-order valence-corrected chi connectivity index (χ0v) is 7.45. The van der Waals surface area contributed by atoms with Gasteiger partial charge in [0.1, 0.15) is 0 Å². The number of nitrogens with one attached hydrogen (secondary N) is 1. The van der Waals surface area contributed by atoms with E-state index in [0.29, 0.717) is 6.67 Å². The Morgan fingerprint density at radius 1 is 1.23 bits per heavy atom. The van der Waals surface area contributed by atoms with Gasteiger partial charge in [0.05, 0.1) is 13.2 Å². The molecule has 13 heavy (non-hydrogen) atoms. The van der Waals surface area contributed by atoms with E-state index in [0.717, 1.165) is 13.1 Å². The van der Waals surface area contributed by atoms with Gasteiger partial charge in [0.25, 0.3) is 5.91 Å². The van der Waals surface area contributed by atoms with Crippen LogP contribution in [0.5, 0.6) is 0 Å². The number of urea groups is 1. The summed E-state index contributed by atoms with van der Waals surface area (Å²) in [6.45, 7) is 2.62. The van der Waals surface area contributed by atoms with E-state index in [2.05, 4.69) is 10.2 Å². The summed E-state index contributed by atoms with van der Waals surface area (Å²) >= 11 is 0. The summed E-state index contributed by atoms with van der Waals surface area (Å²) in [5.74, 6) is -0.114. The molecular formula is C8H13N3O2. The Bertz CT molecular complexity index is 220. The number of amides is 3. The first-order valence-corrected chi connectivity index (χ1v) is 4.58. The van der Waals surface area contributed by atoms with Crippen LogP contribution in [0.4, 0.5) is 4.79 Å². The molecule has 0 aliphatic carbocycles. The SMILES string of the molecule is O=C1CNC(=O)N1CN1CCCC1. The Balaban J connectivity index is 1.92. The molecule has 1 N–H and O–H groups in total. The highest BCUT2D eigenvalue weighted by molar-refractivity contribution is 6.01. The highest BCUT2D eigenvalue weighted by Gasteiger charge is 2.30. The average Bonchev–Trinajstić information content (AvgIpc) is 2.70. The molecule has 2 saturated heterocycles. The maximum atomic E-state index is 11.2. The van der Waals surface area contributed by atoms with Crippen molar-refractivity contribution in [1.82, 2.24) is 15.1 Å². The summed E-state index contributed by atoms with van der Waals surface area (Å²) in [6, 6.07) is -0.253. The lowest BCUT2D eigenvalue weighted by atomic mass is 10.4. The number of carbonyl (C=O) groups is 2. The number of nitrogens with zero attached hydrogens (tertiary/aromatic N) is 2. The van der Waals surface area contributed by atoms with Crippen LogP contribution in [0.1, 0.15) is 12.8 Å². The van der Waals surface area contributed by atoms with E-state index in [9.17, 15) is 9.59 Å². The summed E-state index contributed by atoms with van der Waals surface area (Å²) in [5.41, 5.74) is 0. The van der Waals surface area contributed by atoms with Crippen molar-refractivity contribution in [3.8, 4) is 0 Å². The standard InChI is InChI=1S/C8H13N3O2/c12-7-5-9-8(13)11(7)6-10-3-1-2-4-10/h1-6H2,(H,9,13). The summed E-state index contributed by atoms with van der Waals surface area (Å²) in [5, 5.41) is 2.50. The fourth-order valence-electron chi connectivity index (χ4n) is 1.72. The molecule has 0 bridgehead atoms. The van der Waals surface area contributed by atoms with Crippen molar-refractivity contribution < 1.29 is 9.59 Å². The fourth-order valence-corrected chi connectivity index (χ4v) is 1.72. The summed E-state index contributed by atoms with van der Waals surface area (Å²) in [7, 11) is 0. The Kier molecular flexibility index (Phi) is 2.18. The quantitative estimate of drug-likeness (QED) is 0.592. The molecule has 2 rings (SSSR count). The minimum Gasteiger partial charge on any atom is -0.328 e. The lowest BCUT2D eigenvalue weighted by Crippen LogP contribution is -2.40. The fraction of sp³-hybridized carbons (Fsp3) is 0.750. The number of imide groups is 1. The number of hydrogen-bond acceptors (Lipinski definition) is 3. The van der Waals surface area contributed by atoms with Gasteiger partial charge >= 0.3 is 6.03 Å². The third kappa shape index (κ3) is 1.65. The first-order valence-electron chi connectivity index (χ1n) is 4.58. The van der Waals surface area contributed by atoms with E-state index in [4.69, 9.17) is 0 Å². The van der Waals surface area contributed by atoms with Gasteiger partial charge in [0.2, 0.25) is 0 Å². The molecule has 5 nitrogen and oxygen atoms in total. The lowest BCUT2D eigenvalue weighted by Gasteiger charge is -2.20. The second-order valence-corrected chi connectivity index (χ2v) is 3.45. The monoisotopic (exact) mass is 183 g/mol. The van der Waals surface area contributed by atoms with Crippen LogP contribution in [0.2, 0.25) is 0 Å². The molecule has 3 amide bonds. The normalized spacial score (nSPS) is 24.2. The molecule has 0 saturated carbocycles. The third-order valence-electron chi connectivity index (χ3n) is 2.48. The topological polar surface area (TPSA) is 52.7 Å². The largest absolute Gasteiger partial charge is 0.328 e. The van der Waals surface area contributed by atoms with Gasteiger partial charge < -0.3 is 5.32 Å². The molecule has 72 valence electrons. The van der Waals surface area contributed by atoms with Gasteiger partial charge in [-0.25, -0.2) is 9.69 Å². The van der Waals surface area contributed by atoms with Crippen LogP contribution in [0.15, 0.2) is 0 Å². The first kappa shape index (κ1) is 8.50. The number of carbonyl (C=O) groups excluding carboxylic acids is 2. The second-order valence-electron chi connectivity index (χ2n) is 3.45. The van der Waals surface area contributed by atoms with Crippen molar-refractivity contribution in [2.24, 2.45) is 0 Å². The van der Waals surface area contributed by atoms with Crippen LogP contribution in [-0.2, 0) is 4.79 Å². The molecule has 5 heteroatoms. The minimum atomic E-state index is -0.253. The van der Waals surface area contributed by atoms with Crippen molar-refractivity contribution in [2.45, 2.75) is 12.8 Å². The van der Waals surface area contributed by atoms with Crippen LogP contribution < -0.4 is 5.32 Å². The zero-order valence-electron chi connectivity index (χ0n) is 7.45. The predicted molar refractivity (Wildman–Crippen MR) is 45.9 cm³/mol. The highest BCUT2D eigenvalue weighted by Crippen LogP contribution is 2.09. The first-order chi connectivity index (χ1) is 6.27. The predicted octanol–water partition coefficient (Wildman–Crippen LogP) is -0.409. The van der Waals surface area contributed by atoms with Crippen LogP contribution in [0, 0.1) is 0 Å². The molecule has 2 aliphatic rings. The van der Waals surface area contributed by atoms with Gasteiger partial charge in [-0.2, -0.15) is 0 Å². The van der Waals surface area contributed by atoms with E-state index < -0.39 is 0 Å². The molecule has 2 aliphatic heterocycles. The number of likely N-dealkylation sites (tertiary alicyclic amines) is 1. The molecule has 0 atom stereocenters. The molecule has 0 aromatic rings. The molecule has 2 heterocycles. The van der Waals surface area contributed by atoms with E-state index in [1.165, 1.54) is 17.7 Å². The third-order valence-corrected chi connectivity index (χ3v) is 2.48. The Hall–Kier alpha value is -1.10. The van der Waals surface area contributed by atoms with Crippen LogP contribution in [-0.4, -0.2) is 48.0 Å². The Labute approximate surface area is 76.7 Å². The average molecular weight is 183 g/mol. The summed E-state index contributed by atoms with van der Waals surface area (Å²) in [4.78, 5) is 25.7. The van der Waals surface area contributed by atoms with Crippen LogP contribution in [0.3, 0.4) is 0 Å². The van der Waals surface area contributed by atoms with Crippen LogP contribution in [0.25, 0.3) is 0 Å². The van der Waals surface area contributed by atoms with E-state index in [1.54, 1.807) is 0 Å². The molecular weight excluding hydrogens is 170 g/mol. The number of rotatable bonds is 2. The van der Waals surface area contributed by atoms with Gasteiger partial charge in [-0.1, -0.05) is 0 Å². The summed E-state index contributed by atoms with van der Waals surface area (Å²) < 4.78 is 0. The van der Waals surface area contributed by atoms with Crippen LogP contribution >= 0.6 is 0 Å². The summed E-state index contributed by atoms with van der Waals surface area (Å²) in [6.07, 6.45) is 2.34. The molecule has 0 unspecified atom stereocenters. The van der Waals surface area contributed by atoms with Crippen molar-refractivity contribution in [3.63, 3.8) is 0 Å². The molecule has 2 fully saturated rings. The van der Waals surface area contributed by atoms with E-state index >= 15 is 0 Å². The van der Waals surface area contributed by atoms with Gasteiger partial charge in [-0.3, -0.25) is 9.69 Å². The lowest BCUT2D eigenvalue weighted by molar-refractivity contribution is -0.126. The smallest absolute Gasteiger partial charge is 0.325 e. The number of hydrogen-bond donors (Lipinski definition) is 1. The second kappa shape index (κ2) is 3.33. The highest BCUT2D eigenvalue weighted by atomic mass is 16.2. The van der Waals surface area contributed by atoms with Gasteiger partial charge in [-0.05, 0) is 25.9 Å². The zero-order chi connectivity index (χ0) is 9.26. The molecule has 0 aromatic carbocycles. The van der Waals surface area contributed by atoms with Gasteiger partial charge in [-0.15, -0.1) is 0 Å². The van der Waals surface area contributed by atoms with Gasteiger partial charge in [0.15, 0.2) is 0 Å². The van der Waals surface area contributed by atoms with Crippen molar-refractivity contribution in [3.05, 3.63) is 0 Å².